The van der Waals surface area contributed by atoms with Crippen LogP contribution >= 0.6 is 11.8 Å². The van der Waals surface area contributed by atoms with E-state index in [0.717, 1.165) is 11.3 Å². The molecule has 0 bridgehead atoms. The van der Waals surface area contributed by atoms with Crippen molar-refractivity contribution in [1.82, 2.24) is 5.32 Å². The molecular formula is C18H35NS. The lowest BCUT2D eigenvalue weighted by molar-refractivity contribution is 0.485. The lowest BCUT2D eigenvalue weighted by Crippen LogP contribution is -2.32. The Morgan fingerprint density at radius 3 is 2.70 bits per heavy atom. The molecule has 1 nitrogen and oxygen atoms in total. The van der Waals surface area contributed by atoms with Gasteiger partial charge in [0.05, 0.1) is 0 Å². The number of hydrogen-bond acceptors (Lipinski definition) is 2. The number of allylic oxidation sites excluding steroid dienone is 1. The van der Waals surface area contributed by atoms with Crippen molar-refractivity contribution in [1.29, 1.82) is 0 Å². The fourth-order valence-corrected chi connectivity index (χ4v) is 4.39. The van der Waals surface area contributed by atoms with Gasteiger partial charge in [0.1, 0.15) is 0 Å². The summed E-state index contributed by atoms with van der Waals surface area (Å²) in [4.78, 5) is 0. The average molecular weight is 298 g/mol. The van der Waals surface area contributed by atoms with Gasteiger partial charge in [-0.3, -0.25) is 0 Å². The zero-order valence-corrected chi connectivity index (χ0v) is 14.4. The summed E-state index contributed by atoms with van der Waals surface area (Å²) in [5.74, 6) is 1.33. The van der Waals surface area contributed by atoms with Gasteiger partial charge in [-0.1, -0.05) is 45.1 Å². The lowest BCUT2D eigenvalue weighted by atomic mass is 10.0. The van der Waals surface area contributed by atoms with E-state index in [1.165, 1.54) is 82.9 Å². The third-order valence-corrected chi connectivity index (χ3v) is 5.77. The van der Waals surface area contributed by atoms with Gasteiger partial charge in [-0.05, 0) is 45.1 Å². The maximum absolute atomic E-state index is 3.80. The fraction of sp³-hybridized carbons (Fsp3) is 0.889. The van der Waals surface area contributed by atoms with Gasteiger partial charge in [0, 0.05) is 17.0 Å². The van der Waals surface area contributed by atoms with Gasteiger partial charge in [0.25, 0.3) is 0 Å². The first kappa shape index (κ1) is 18.1. The number of nitrogens with one attached hydrogen (secondary N) is 1. The van der Waals surface area contributed by atoms with Crippen molar-refractivity contribution in [3.8, 4) is 0 Å². The second kappa shape index (κ2) is 12.8. The molecule has 1 unspecified atom stereocenters. The molecule has 0 aromatic rings. The Morgan fingerprint density at radius 1 is 1.20 bits per heavy atom. The SMILES string of the molecule is C=CCCCCCC(CSC1CCCCC1)NCCC. The van der Waals surface area contributed by atoms with Gasteiger partial charge in [-0.25, -0.2) is 0 Å². The van der Waals surface area contributed by atoms with E-state index in [2.05, 4.69) is 30.6 Å². The van der Waals surface area contributed by atoms with Crippen LogP contribution in [0.1, 0.15) is 77.6 Å². The van der Waals surface area contributed by atoms with Crippen LogP contribution in [0.5, 0.6) is 0 Å². The predicted molar refractivity (Wildman–Crippen MR) is 94.7 cm³/mol. The molecule has 0 aromatic heterocycles. The van der Waals surface area contributed by atoms with E-state index >= 15 is 0 Å². The summed E-state index contributed by atoms with van der Waals surface area (Å²) in [6, 6.07) is 0.741. The van der Waals surface area contributed by atoms with E-state index in [1.54, 1.807) is 0 Å². The van der Waals surface area contributed by atoms with Gasteiger partial charge in [0.2, 0.25) is 0 Å². The van der Waals surface area contributed by atoms with Gasteiger partial charge < -0.3 is 5.32 Å². The highest BCUT2D eigenvalue weighted by Gasteiger charge is 2.16. The van der Waals surface area contributed by atoms with Crippen molar-refractivity contribution >= 4 is 11.8 Å². The third-order valence-electron chi connectivity index (χ3n) is 4.23. The Bertz CT molecular complexity index is 223. The fourth-order valence-electron chi connectivity index (χ4n) is 2.93. The van der Waals surface area contributed by atoms with E-state index in [4.69, 9.17) is 0 Å². The van der Waals surface area contributed by atoms with Crippen molar-refractivity contribution in [3.05, 3.63) is 12.7 Å². The molecule has 1 saturated carbocycles. The molecule has 1 aliphatic carbocycles. The second-order valence-corrected chi connectivity index (χ2v) is 7.50. The monoisotopic (exact) mass is 297 g/mol. The van der Waals surface area contributed by atoms with E-state index in [-0.39, 0.29) is 0 Å². The van der Waals surface area contributed by atoms with E-state index in [0.29, 0.717) is 0 Å². The van der Waals surface area contributed by atoms with Crippen molar-refractivity contribution < 1.29 is 0 Å². The maximum atomic E-state index is 3.80. The first-order valence-corrected chi connectivity index (χ1v) is 9.87. The van der Waals surface area contributed by atoms with Gasteiger partial charge in [-0.2, -0.15) is 11.8 Å². The second-order valence-electron chi connectivity index (χ2n) is 6.17. The first-order chi connectivity index (χ1) is 9.86. The Balaban J connectivity index is 2.14. The van der Waals surface area contributed by atoms with E-state index in [9.17, 15) is 0 Å². The molecule has 1 aliphatic rings. The predicted octanol–water partition coefficient (Wildman–Crippen LogP) is 5.56. The molecule has 1 fully saturated rings. The molecule has 0 spiro atoms. The van der Waals surface area contributed by atoms with Crippen molar-refractivity contribution in [2.24, 2.45) is 0 Å². The highest BCUT2D eigenvalue weighted by Crippen LogP contribution is 2.29. The summed E-state index contributed by atoms with van der Waals surface area (Å²) in [5.41, 5.74) is 0. The Hall–Kier alpha value is 0.0500. The van der Waals surface area contributed by atoms with Crippen LogP contribution < -0.4 is 5.32 Å². The zero-order chi connectivity index (χ0) is 14.5. The molecule has 118 valence electrons. The van der Waals surface area contributed by atoms with Gasteiger partial charge >= 0.3 is 0 Å². The number of rotatable bonds is 12. The van der Waals surface area contributed by atoms with Crippen LogP contribution in [0.15, 0.2) is 12.7 Å². The summed E-state index contributed by atoms with van der Waals surface area (Å²) in [6.45, 7) is 7.25. The summed E-state index contributed by atoms with van der Waals surface area (Å²) < 4.78 is 0. The van der Waals surface area contributed by atoms with Crippen molar-refractivity contribution in [2.45, 2.75) is 88.8 Å². The van der Waals surface area contributed by atoms with Crippen molar-refractivity contribution in [2.75, 3.05) is 12.3 Å². The minimum atomic E-state index is 0.741. The van der Waals surface area contributed by atoms with Crippen LogP contribution in [0.2, 0.25) is 0 Å². The van der Waals surface area contributed by atoms with Crippen LogP contribution in [0.4, 0.5) is 0 Å². The van der Waals surface area contributed by atoms with E-state index in [1.807, 2.05) is 6.08 Å². The minimum Gasteiger partial charge on any atom is -0.313 e. The molecule has 20 heavy (non-hydrogen) atoms. The molecule has 0 heterocycles. The molecule has 1 atom stereocenters. The number of thioether (sulfide) groups is 1. The smallest absolute Gasteiger partial charge is 0.0158 e. The molecule has 1 rings (SSSR count). The van der Waals surface area contributed by atoms with Crippen LogP contribution in [0.25, 0.3) is 0 Å². The molecular weight excluding hydrogens is 262 g/mol. The van der Waals surface area contributed by atoms with Gasteiger partial charge in [0.15, 0.2) is 0 Å². The van der Waals surface area contributed by atoms with Crippen LogP contribution in [-0.2, 0) is 0 Å². The Kier molecular flexibility index (Phi) is 11.6. The molecule has 0 amide bonds. The quantitative estimate of drug-likeness (QED) is 0.374. The molecule has 0 aromatic carbocycles. The molecule has 0 saturated heterocycles. The topological polar surface area (TPSA) is 12.0 Å². The molecule has 1 N–H and O–H groups in total. The lowest BCUT2D eigenvalue weighted by Gasteiger charge is -2.24. The number of hydrogen-bond donors (Lipinski definition) is 1. The number of unbranched alkanes of at least 4 members (excludes halogenated alkanes) is 3. The zero-order valence-electron chi connectivity index (χ0n) is 13.5. The Labute approximate surface area is 131 Å². The standard InChI is InChI=1S/C18H35NS/c1-3-5-6-7-9-12-17(19-15-4-2)16-20-18-13-10-8-11-14-18/h3,17-19H,1,4-16H2,2H3. The molecule has 2 heteroatoms. The van der Waals surface area contributed by atoms with Crippen LogP contribution in [0.3, 0.4) is 0 Å². The summed E-state index contributed by atoms with van der Waals surface area (Å²) in [5, 5.41) is 4.71. The highest BCUT2D eigenvalue weighted by molar-refractivity contribution is 7.99. The van der Waals surface area contributed by atoms with E-state index < -0.39 is 0 Å². The summed E-state index contributed by atoms with van der Waals surface area (Å²) in [6.07, 6.45) is 17.2. The normalized spacial score (nSPS) is 18.1. The molecule has 0 aliphatic heterocycles. The first-order valence-electron chi connectivity index (χ1n) is 8.82. The average Bonchev–Trinajstić information content (AvgIpc) is 2.50. The minimum absolute atomic E-state index is 0.741. The van der Waals surface area contributed by atoms with Crippen LogP contribution in [-0.4, -0.2) is 23.6 Å². The Morgan fingerprint density at radius 2 is 2.00 bits per heavy atom. The molecule has 0 radical (unpaired) electrons. The summed E-state index contributed by atoms with van der Waals surface area (Å²) >= 11 is 2.25. The maximum Gasteiger partial charge on any atom is 0.0158 e. The largest absolute Gasteiger partial charge is 0.313 e. The van der Waals surface area contributed by atoms with Crippen molar-refractivity contribution in [3.63, 3.8) is 0 Å². The third kappa shape index (κ3) is 9.07. The van der Waals surface area contributed by atoms with Gasteiger partial charge in [-0.15, -0.1) is 6.58 Å². The highest BCUT2D eigenvalue weighted by atomic mass is 32.2. The summed E-state index contributed by atoms with van der Waals surface area (Å²) in [7, 11) is 0. The van der Waals surface area contributed by atoms with Crippen LogP contribution in [0, 0.1) is 0 Å².